The first-order chi connectivity index (χ1) is 29.8. The predicted octanol–water partition coefficient (Wildman–Crippen LogP) is 8.74. The molecular formula is C51H69N5O7. The van der Waals surface area contributed by atoms with Crippen LogP contribution >= 0.6 is 0 Å². The molecular weight excluding hydrogens is 795 g/mol. The summed E-state index contributed by atoms with van der Waals surface area (Å²) in [6.45, 7) is 16.0. The zero-order valence-corrected chi connectivity index (χ0v) is 38.7. The lowest BCUT2D eigenvalue weighted by atomic mass is 9.94. The van der Waals surface area contributed by atoms with Gasteiger partial charge in [0.1, 0.15) is 17.7 Å². The molecule has 0 radical (unpaired) electrons. The maximum Gasteiger partial charge on any atom is 0.410 e. The first-order valence-electron chi connectivity index (χ1n) is 22.5. The number of rotatable bonds is 17. The molecule has 4 atom stereocenters. The second-order valence-electron chi connectivity index (χ2n) is 19.3. The molecule has 5 rings (SSSR count). The molecule has 0 unspecified atom stereocenters. The standard InChI is InChI=1S/C51H69N5O7/c1-34(2)32-37(52-48(60)63-51(6,7)8)29-28-36(33-35-20-11-10-12-21-35)47(59)55-31-19-27-43(55)46(58)53-42(45(57)54-50(3,4)5)26-17-18-30-56(49(61)62-9)44-40-24-15-13-22-38(40)39-23-14-16-25-41(39)44/h10-16,20-25,28-29,34,36-37,42-44H,17-19,26-27,30-33H2,1-9H3,(H,52,60)(H,53,58)(H,54,57)/b29-28+/t36-,37-,42+,43+/m1/s1. The smallest absolute Gasteiger partial charge is 0.410 e. The van der Waals surface area contributed by atoms with E-state index in [1.54, 1.807) is 9.80 Å². The highest BCUT2D eigenvalue weighted by molar-refractivity contribution is 5.93. The topological polar surface area (TPSA) is 146 Å². The van der Waals surface area contributed by atoms with E-state index in [4.69, 9.17) is 9.47 Å². The molecule has 1 saturated heterocycles. The van der Waals surface area contributed by atoms with Crippen molar-refractivity contribution in [1.82, 2.24) is 25.8 Å². The fraction of sp³-hybridized carbons (Fsp3) is 0.510. The van der Waals surface area contributed by atoms with E-state index in [1.165, 1.54) is 7.11 Å². The van der Waals surface area contributed by atoms with Gasteiger partial charge in [-0.1, -0.05) is 105 Å². The van der Waals surface area contributed by atoms with Crippen LogP contribution in [0.15, 0.2) is 91.0 Å². The van der Waals surface area contributed by atoms with Crippen LogP contribution in [0.1, 0.15) is 117 Å². The molecule has 1 aliphatic carbocycles. The average Bonchev–Trinajstić information content (AvgIpc) is 3.84. The Labute approximate surface area is 374 Å². The van der Waals surface area contributed by atoms with Crippen molar-refractivity contribution in [3.05, 3.63) is 108 Å². The van der Waals surface area contributed by atoms with Crippen molar-refractivity contribution < 1.29 is 33.4 Å². The number of carbonyl (C=O) groups excluding carboxylic acids is 5. The van der Waals surface area contributed by atoms with Gasteiger partial charge in [-0.15, -0.1) is 0 Å². The van der Waals surface area contributed by atoms with Crippen molar-refractivity contribution in [3.8, 4) is 11.1 Å². The van der Waals surface area contributed by atoms with Crippen molar-refractivity contribution in [2.45, 2.75) is 136 Å². The second kappa shape index (κ2) is 21.6. The lowest BCUT2D eigenvalue weighted by molar-refractivity contribution is -0.141. The highest BCUT2D eigenvalue weighted by Gasteiger charge is 2.39. The molecule has 3 aromatic rings. The van der Waals surface area contributed by atoms with Crippen LogP contribution in [0.3, 0.4) is 0 Å². The fourth-order valence-electron chi connectivity index (χ4n) is 8.57. The number of nitrogens with one attached hydrogen (secondary N) is 3. The molecule has 12 heteroatoms. The third-order valence-electron chi connectivity index (χ3n) is 11.3. The summed E-state index contributed by atoms with van der Waals surface area (Å²) in [5.74, 6) is -1.25. The highest BCUT2D eigenvalue weighted by atomic mass is 16.6. The zero-order valence-electron chi connectivity index (χ0n) is 38.7. The molecule has 3 aromatic carbocycles. The Balaban J connectivity index is 1.31. The molecule has 1 heterocycles. The van der Waals surface area contributed by atoms with Gasteiger partial charge in [-0.25, -0.2) is 9.59 Å². The van der Waals surface area contributed by atoms with Gasteiger partial charge in [-0.2, -0.15) is 0 Å². The molecule has 63 heavy (non-hydrogen) atoms. The largest absolute Gasteiger partial charge is 0.453 e. The Morgan fingerprint density at radius 2 is 1.44 bits per heavy atom. The summed E-state index contributed by atoms with van der Waals surface area (Å²) in [7, 11) is 1.38. The summed E-state index contributed by atoms with van der Waals surface area (Å²) in [6.07, 6.45) is 6.29. The predicted molar refractivity (Wildman–Crippen MR) is 247 cm³/mol. The first-order valence-corrected chi connectivity index (χ1v) is 22.5. The number of benzene rings is 3. The number of likely N-dealkylation sites (tertiary alicyclic amines) is 1. The van der Waals surface area contributed by atoms with E-state index in [0.717, 1.165) is 27.8 Å². The van der Waals surface area contributed by atoms with Crippen molar-refractivity contribution >= 4 is 29.9 Å². The van der Waals surface area contributed by atoms with E-state index < -0.39 is 41.3 Å². The van der Waals surface area contributed by atoms with Crippen LogP contribution in [-0.2, 0) is 30.3 Å². The monoisotopic (exact) mass is 864 g/mol. The number of methoxy groups -OCH3 is 1. The van der Waals surface area contributed by atoms with Crippen molar-refractivity contribution in [2.75, 3.05) is 20.2 Å². The highest BCUT2D eigenvalue weighted by Crippen LogP contribution is 2.46. The van der Waals surface area contributed by atoms with Crippen molar-refractivity contribution in [3.63, 3.8) is 0 Å². The minimum absolute atomic E-state index is 0.193. The van der Waals surface area contributed by atoms with Gasteiger partial charge in [0.2, 0.25) is 17.7 Å². The van der Waals surface area contributed by atoms with E-state index in [0.29, 0.717) is 58.0 Å². The van der Waals surface area contributed by atoms with Gasteiger partial charge in [-0.3, -0.25) is 19.3 Å². The van der Waals surface area contributed by atoms with E-state index in [9.17, 15) is 24.0 Å². The summed E-state index contributed by atoms with van der Waals surface area (Å²) in [6, 6.07) is 23.6. The van der Waals surface area contributed by atoms with Gasteiger partial charge in [0.05, 0.1) is 25.1 Å². The van der Waals surface area contributed by atoms with Crippen LogP contribution in [0.4, 0.5) is 9.59 Å². The number of amides is 5. The van der Waals surface area contributed by atoms with Gasteiger partial charge in [0, 0.05) is 18.6 Å². The minimum atomic E-state index is -0.871. The number of fused-ring (bicyclic) bond motifs is 3. The van der Waals surface area contributed by atoms with Crippen LogP contribution in [0.25, 0.3) is 11.1 Å². The number of hydrogen-bond donors (Lipinski definition) is 3. The number of alkyl carbamates (subject to hydrolysis) is 1. The van der Waals surface area contributed by atoms with Crippen LogP contribution < -0.4 is 16.0 Å². The fourth-order valence-corrected chi connectivity index (χ4v) is 8.57. The van der Waals surface area contributed by atoms with E-state index in [1.807, 2.05) is 120 Å². The van der Waals surface area contributed by atoms with Crippen LogP contribution in [0.2, 0.25) is 0 Å². The Kier molecular flexibility index (Phi) is 16.6. The van der Waals surface area contributed by atoms with Crippen molar-refractivity contribution in [1.29, 1.82) is 0 Å². The molecule has 0 spiro atoms. The number of carbonyl (C=O) groups is 5. The summed E-state index contributed by atoms with van der Waals surface area (Å²) >= 11 is 0. The Bertz CT molecular complexity index is 2030. The molecule has 2 aliphatic rings. The minimum Gasteiger partial charge on any atom is -0.453 e. The Morgan fingerprint density at radius 3 is 2.03 bits per heavy atom. The SMILES string of the molecule is COC(=O)N(CCCC[C@H](NC(=O)[C@@H]1CCCN1C(=O)[C@H](/C=C/[C@H](CC(C)C)NC(=O)OC(C)(C)C)Cc1ccccc1)C(=O)NC(C)(C)C)C1c2ccccc2-c2ccccc21. The molecule has 340 valence electrons. The number of unbranched alkanes of at least 4 members (excludes halogenated alkanes) is 1. The zero-order chi connectivity index (χ0) is 45.9. The van der Waals surface area contributed by atoms with E-state index >= 15 is 0 Å². The summed E-state index contributed by atoms with van der Waals surface area (Å²) < 4.78 is 10.8. The molecule has 5 amide bonds. The normalized spacial score (nSPS) is 16.5. The third-order valence-corrected chi connectivity index (χ3v) is 11.3. The maximum absolute atomic E-state index is 14.6. The van der Waals surface area contributed by atoms with Gasteiger partial charge in [0.15, 0.2) is 0 Å². The van der Waals surface area contributed by atoms with Crippen LogP contribution in [-0.4, -0.2) is 89.2 Å². The van der Waals surface area contributed by atoms with Gasteiger partial charge < -0.3 is 30.3 Å². The molecule has 0 bridgehead atoms. The van der Waals surface area contributed by atoms with E-state index in [2.05, 4.69) is 41.9 Å². The summed E-state index contributed by atoms with van der Waals surface area (Å²) in [4.78, 5) is 72.3. The number of nitrogens with zero attached hydrogens (tertiary/aromatic N) is 2. The molecule has 3 N–H and O–H groups in total. The summed E-state index contributed by atoms with van der Waals surface area (Å²) in [5.41, 5.74) is 3.98. The van der Waals surface area contributed by atoms with E-state index in [-0.39, 0.29) is 35.7 Å². The van der Waals surface area contributed by atoms with Crippen LogP contribution in [0.5, 0.6) is 0 Å². The summed E-state index contributed by atoms with van der Waals surface area (Å²) in [5, 5.41) is 9.04. The molecule has 0 saturated carbocycles. The second-order valence-corrected chi connectivity index (χ2v) is 19.3. The third kappa shape index (κ3) is 13.7. The quantitative estimate of drug-likeness (QED) is 0.0909. The Hall–Kier alpha value is -5.65. The first kappa shape index (κ1) is 48.4. The van der Waals surface area contributed by atoms with Gasteiger partial charge in [0.25, 0.3) is 0 Å². The molecule has 1 fully saturated rings. The lowest BCUT2D eigenvalue weighted by Gasteiger charge is -2.31. The molecule has 1 aliphatic heterocycles. The Morgan fingerprint density at radius 1 is 0.825 bits per heavy atom. The number of hydrogen-bond acceptors (Lipinski definition) is 7. The average molecular weight is 864 g/mol. The molecule has 0 aromatic heterocycles. The number of ether oxygens (including phenoxy) is 2. The molecule has 12 nitrogen and oxygen atoms in total. The lowest BCUT2D eigenvalue weighted by Crippen LogP contribution is -2.56. The van der Waals surface area contributed by atoms with Gasteiger partial charge in [-0.05, 0) is 120 Å². The maximum atomic E-state index is 14.6. The van der Waals surface area contributed by atoms with Crippen molar-refractivity contribution in [2.24, 2.45) is 11.8 Å². The van der Waals surface area contributed by atoms with Crippen LogP contribution in [0, 0.1) is 11.8 Å². The van der Waals surface area contributed by atoms with Gasteiger partial charge >= 0.3 is 12.2 Å².